The molecule has 2 heterocycles. The van der Waals surface area contributed by atoms with E-state index in [1.165, 1.54) is 18.4 Å². The minimum atomic E-state index is -0.235. The van der Waals surface area contributed by atoms with Crippen molar-refractivity contribution < 1.29 is 13.9 Å². The number of methoxy groups -OCH3 is 1. The molecule has 1 N–H and O–H groups in total. The molecule has 1 amide bonds. The van der Waals surface area contributed by atoms with Crippen LogP contribution in [0, 0.1) is 18.3 Å². The van der Waals surface area contributed by atoms with Crippen LogP contribution in [-0.4, -0.2) is 18.0 Å². The van der Waals surface area contributed by atoms with Crippen LogP contribution in [0.2, 0.25) is 0 Å². The fourth-order valence-corrected chi connectivity index (χ4v) is 3.06. The van der Waals surface area contributed by atoms with Crippen LogP contribution in [0.1, 0.15) is 17.0 Å². The zero-order chi connectivity index (χ0) is 17.8. The number of furan rings is 1. The number of benzene rings is 1. The summed E-state index contributed by atoms with van der Waals surface area (Å²) < 4.78 is 10.7. The molecule has 7 heteroatoms. The van der Waals surface area contributed by atoms with Gasteiger partial charge in [0.15, 0.2) is 10.8 Å². The number of amides is 1. The van der Waals surface area contributed by atoms with Gasteiger partial charge in [0.1, 0.15) is 11.5 Å². The third-order valence-electron chi connectivity index (χ3n) is 3.45. The number of nitrogens with zero attached hydrogens (tertiary/aromatic N) is 2. The van der Waals surface area contributed by atoms with E-state index in [9.17, 15) is 4.79 Å². The van der Waals surface area contributed by atoms with E-state index in [0.717, 1.165) is 10.8 Å². The second-order valence-corrected chi connectivity index (χ2v) is 6.16. The van der Waals surface area contributed by atoms with Gasteiger partial charge in [-0.1, -0.05) is 0 Å². The van der Waals surface area contributed by atoms with Gasteiger partial charge in [-0.15, -0.1) is 11.3 Å². The predicted molar refractivity (Wildman–Crippen MR) is 94.6 cm³/mol. The van der Waals surface area contributed by atoms with Crippen molar-refractivity contribution in [1.82, 2.24) is 4.98 Å². The Bertz CT molecular complexity index is 953. The van der Waals surface area contributed by atoms with E-state index >= 15 is 0 Å². The Labute approximate surface area is 148 Å². The molecule has 1 aromatic carbocycles. The molecule has 3 aromatic rings. The molecule has 6 nitrogen and oxygen atoms in total. The van der Waals surface area contributed by atoms with Gasteiger partial charge in [-0.25, -0.2) is 4.98 Å². The molecule has 0 fully saturated rings. The quantitative estimate of drug-likeness (QED) is 0.754. The molecule has 0 aliphatic carbocycles. The van der Waals surface area contributed by atoms with Gasteiger partial charge in [0, 0.05) is 5.38 Å². The molecule has 0 bridgehead atoms. The van der Waals surface area contributed by atoms with Crippen molar-refractivity contribution in [3.63, 3.8) is 0 Å². The highest BCUT2D eigenvalue weighted by Gasteiger charge is 2.13. The largest absolute Gasteiger partial charge is 0.495 e. The average molecular weight is 353 g/mol. The highest BCUT2D eigenvalue weighted by atomic mass is 32.1. The van der Waals surface area contributed by atoms with E-state index in [1.54, 1.807) is 18.2 Å². The number of rotatable bonds is 5. The number of anilines is 1. The summed E-state index contributed by atoms with van der Waals surface area (Å²) in [6, 6.07) is 10.6. The first-order valence-corrected chi connectivity index (χ1v) is 8.36. The Hall–Kier alpha value is -3.11. The van der Waals surface area contributed by atoms with Gasteiger partial charge < -0.3 is 14.5 Å². The first-order chi connectivity index (χ1) is 12.1. The smallest absolute Gasteiger partial charge is 0.230 e. The van der Waals surface area contributed by atoms with E-state index in [2.05, 4.69) is 10.3 Å². The van der Waals surface area contributed by atoms with Gasteiger partial charge in [0.25, 0.3) is 0 Å². The SMILES string of the molecule is COc1ccc(C#N)cc1NC(=O)Cc1csc(-c2ccc(C)o2)n1. The van der Waals surface area contributed by atoms with Crippen molar-refractivity contribution in [1.29, 1.82) is 5.26 Å². The Morgan fingerprint density at radius 1 is 1.40 bits per heavy atom. The van der Waals surface area contributed by atoms with Gasteiger partial charge in [-0.3, -0.25) is 4.79 Å². The first kappa shape index (κ1) is 16.7. The number of thiazole rings is 1. The topological polar surface area (TPSA) is 88.1 Å². The maximum absolute atomic E-state index is 12.3. The summed E-state index contributed by atoms with van der Waals surface area (Å²) in [6.45, 7) is 1.87. The highest BCUT2D eigenvalue weighted by Crippen LogP contribution is 2.27. The molecule has 0 atom stereocenters. The number of carbonyl (C=O) groups excluding carboxylic acids is 1. The molecule has 126 valence electrons. The van der Waals surface area contributed by atoms with Crippen molar-refractivity contribution in [3.8, 4) is 22.6 Å². The summed E-state index contributed by atoms with van der Waals surface area (Å²) in [6.07, 6.45) is 0.121. The van der Waals surface area contributed by atoms with E-state index in [0.29, 0.717) is 28.5 Å². The van der Waals surface area contributed by atoms with Crippen LogP contribution in [0.4, 0.5) is 5.69 Å². The second-order valence-electron chi connectivity index (χ2n) is 5.31. The molecule has 0 unspecified atom stereocenters. The van der Waals surface area contributed by atoms with E-state index < -0.39 is 0 Å². The number of aromatic nitrogens is 1. The lowest BCUT2D eigenvalue weighted by Crippen LogP contribution is -2.15. The van der Waals surface area contributed by atoms with Crippen LogP contribution in [0.25, 0.3) is 10.8 Å². The number of aryl methyl sites for hydroxylation is 1. The summed E-state index contributed by atoms with van der Waals surface area (Å²) in [4.78, 5) is 16.7. The van der Waals surface area contributed by atoms with Gasteiger partial charge >= 0.3 is 0 Å². The van der Waals surface area contributed by atoms with Crippen LogP contribution >= 0.6 is 11.3 Å². The highest BCUT2D eigenvalue weighted by molar-refractivity contribution is 7.13. The molecule has 0 saturated heterocycles. The summed E-state index contributed by atoms with van der Waals surface area (Å²) in [5.41, 5.74) is 1.56. The summed E-state index contributed by atoms with van der Waals surface area (Å²) in [5.74, 6) is 1.77. The second kappa shape index (κ2) is 7.20. The minimum Gasteiger partial charge on any atom is -0.495 e. The lowest BCUT2D eigenvalue weighted by molar-refractivity contribution is -0.115. The van der Waals surface area contributed by atoms with Crippen molar-refractivity contribution >= 4 is 22.9 Å². The first-order valence-electron chi connectivity index (χ1n) is 7.48. The molecular formula is C18H15N3O3S. The number of nitrogens with one attached hydrogen (secondary N) is 1. The van der Waals surface area contributed by atoms with Crippen LogP contribution in [0.3, 0.4) is 0 Å². The fraction of sp³-hybridized carbons (Fsp3) is 0.167. The van der Waals surface area contributed by atoms with Crippen molar-refractivity contribution in [2.24, 2.45) is 0 Å². The third kappa shape index (κ3) is 3.87. The Balaban J connectivity index is 1.71. The van der Waals surface area contributed by atoms with Gasteiger partial charge in [0.2, 0.25) is 5.91 Å². The number of nitriles is 1. The number of carbonyl (C=O) groups is 1. The summed E-state index contributed by atoms with van der Waals surface area (Å²) in [5, 5.41) is 14.3. The molecule has 0 aliphatic heterocycles. The molecule has 3 rings (SSSR count). The maximum Gasteiger partial charge on any atom is 0.230 e. The average Bonchev–Trinajstić information content (AvgIpc) is 3.23. The zero-order valence-electron chi connectivity index (χ0n) is 13.7. The van der Waals surface area contributed by atoms with Crippen molar-refractivity contribution in [3.05, 3.63) is 52.7 Å². The molecular weight excluding hydrogens is 338 g/mol. The molecule has 0 spiro atoms. The lowest BCUT2D eigenvalue weighted by Gasteiger charge is -2.09. The minimum absolute atomic E-state index is 0.121. The molecule has 0 saturated carbocycles. The normalized spacial score (nSPS) is 10.3. The van der Waals surface area contributed by atoms with Gasteiger partial charge in [-0.05, 0) is 37.3 Å². The lowest BCUT2D eigenvalue weighted by atomic mass is 10.2. The van der Waals surface area contributed by atoms with Crippen LogP contribution < -0.4 is 10.1 Å². The summed E-state index contributed by atoms with van der Waals surface area (Å²) >= 11 is 1.43. The number of hydrogen-bond acceptors (Lipinski definition) is 6. The fourth-order valence-electron chi connectivity index (χ4n) is 2.28. The molecule has 0 aliphatic rings. The van der Waals surface area contributed by atoms with Crippen LogP contribution in [0.5, 0.6) is 5.75 Å². The van der Waals surface area contributed by atoms with E-state index in [4.69, 9.17) is 14.4 Å². The number of ether oxygens (including phenoxy) is 1. The van der Waals surface area contributed by atoms with Crippen molar-refractivity contribution in [2.45, 2.75) is 13.3 Å². The third-order valence-corrected chi connectivity index (χ3v) is 4.35. The molecule has 25 heavy (non-hydrogen) atoms. The number of hydrogen-bond donors (Lipinski definition) is 1. The zero-order valence-corrected chi connectivity index (χ0v) is 14.5. The predicted octanol–water partition coefficient (Wildman–Crippen LogP) is 3.77. The Morgan fingerprint density at radius 2 is 2.24 bits per heavy atom. The monoisotopic (exact) mass is 353 g/mol. The van der Waals surface area contributed by atoms with Crippen LogP contribution in [0.15, 0.2) is 40.1 Å². The van der Waals surface area contributed by atoms with E-state index in [1.807, 2.05) is 30.5 Å². The van der Waals surface area contributed by atoms with Gasteiger partial charge in [-0.2, -0.15) is 5.26 Å². The van der Waals surface area contributed by atoms with Crippen LogP contribution in [-0.2, 0) is 11.2 Å². The standard InChI is InChI=1S/C18H15N3O3S/c1-11-3-5-16(24-11)18-20-13(10-25-18)8-17(22)21-14-7-12(9-19)4-6-15(14)23-2/h3-7,10H,8H2,1-2H3,(H,21,22). The Kier molecular flexibility index (Phi) is 4.82. The maximum atomic E-state index is 12.3. The molecule has 2 aromatic heterocycles. The Morgan fingerprint density at radius 3 is 2.92 bits per heavy atom. The van der Waals surface area contributed by atoms with Crippen molar-refractivity contribution in [2.75, 3.05) is 12.4 Å². The van der Waals surface area contributed by atoms with E-state index in [-0.39, 0.29) is 12.3 Å². The van der Waals surface area contributed by atoms with Gasteiger partial charge in [0.05, 0.1) is 36.5 Å². The summed E-state index contributed by atoms with van der Waals surface area (Å²) in [7, 11) is 1.51. The molecule has 0 radical (unpaired) electrons.